The van der Waals surface area contributed by atoms with Crippen LogP contribution in [0.4, 0.5) is 0 Å². The fourth-order valence-electron chi connectivity index (χ4n) is 2.55. The van der Waals surface area contributed by atoms with Gasteiger partial charge in [0.25, 0.3) is 11.8 Å². The maximum Gasteiger partial charge on any atom is 0.276 e. The molecule has 0 fully saturated rings. The summed E-state index contributed by atoms with van der Waals surface area (Å²) in [5.41, 5.74) is 6.46. The van der Waals surface area contributed by atoms with Gasteiger partial charge >= 0.3 is 0 Å². The monoisotopic (exact) mass is 521 g/mol. The van der Waals surface area contributed by atoms with Gasteiger partial charge in [-0.15, -0.1) is 0 Å². The molecule has 2 amide bonds. The van der Waals surface area contributed by atoms with E-state index in [4.69, 9.17) is 21.7 Å². The van der Waals surface area contributed by atoms with Gasteiger partial charge in [-0.25, -0.2) is 0 Å². The van der Waals surface area contributed by atoms with E-state index in [0.29, 0.717) is 34.1 Å². The van der Waals surface area contributed by atoms with Gasteiger partial charge in [-0.05, 0) is 76.4 Å². The van der Waals surface area contributed by atoms with Crippen molar-refractivity contribution in [2.75, 3.05) is 13.2 Å². The van der Waals surface area contributed by atoms with Crippen molar-refractivity contribution in [2.24, 2.45) is 0 Å². The van der Waals surface area contributed by atoms with Gasteiger partial charge in [0.1, 0.15) is 11.5 Å². The van der Waals surface area contributed by atoms with Crippen LogP contribution in [0.15, 0.2) is 46.9 Å². The highest BCUT2D eigenvalue weighted by molar-refractivity contribution is 9.10. The van der Waals surface area contributed by atoms with Crippen molar-refractivity contribution in [3.63, 3.8) is 0 Å². The summed E-state index contributed by atoms with van der Waals surface area (Å²) in [6, 6.07) is 12.6. The Morgan fingerprint density at radius 2 is 1.78 bits per heavy atom. The minimum Gasteiger partial charge on any atom is -0.492 e. The molecule has 32 heavy (non-hydrogen) atoms. The van der Waals surface area contributed by atoms with E-state index in [0.717, 1.165) is 12.8 Å². The molecule has 0 saturated carbocycles. The fourth-order valence-corrected chi connectivity index (χ4v) is 3.19. The molecule has 0 bridgehead atoms. The van der Waals surface area contributed by atoms with E-state index in [2.05, 4.69) is 52.9 Å². The van der Waals surface area contributed by atoms with Gasteiger partial charge in [0.05, 0.1) is 11.1 Å². The van der Waals surface area contributed by atoms with Crippen molar-refractivity contribution in [3.8, 4) is 11.5 Å². The summed E-state index contributed by atoms with van der Waals surface area (Å²) in [5.74, 6) is 0.825. The summed E-state index contributed by atoms with van der Waals surface area (Å²) in [5, 5.41) is 2.47. The normalized spacial score (nSPS) is 10.4. The van der Waals surface area contributed by atoms with Crippen LogP contribution >= 0.6 is 28.1 Å². The predicted molar refractivity (Wildman–Crippen MR) is 132 cm³/mol. The molecule has 9 heteroatoms. The number of ether oxygens (including phenoxy) is 2. The molecule has 0 aliphatic carbocycles. The highest BCUT2D eigenvalue weighted by Gasteiger charge is 2.12. The van der Waals surface area contributed by atoms with Gasteiger partial charge in [-0.1, -0.05) is 39.3 Å². The molecule has 2 aromatic rings. The first-order chi connectivity index (χ1) is 15.3. The van der Waals surface area contributed by atoms with Crippen LogP contribution in [-0.4, -0.2) is 30.1 Å². The summed E-state index contributed by atoms with van der Waals surface area (Å²) < 4.78 is 11.8. The van der Waals surface area contributed by atoms with E-state index in [1.165, 1.54) is 5.56 Å². The molecule has 0 saturated heterocycles. The summed E-state index contributed by atoms with van der Waals surface area (Å²) in [4.78, 5) is 24.3. The maximum atomic E-state index is 12.4. The zero-order valence-corrected chi connectivity index (χ0v) is 20.8. The second kappa shape index (κ2) is 13.0. The molecule has 0 heterocycles. The molecule has 7 nitrogen and oxygen atoms in total. The molecule has 2 aromatic carbocycles. The molecule has 0 aliphatic heterocycles. The number of unbranched alkanes of at least 4 members (excludes halogenated alkanes) is 1. The average Bonchev–Trinajstić information content (AvgIpc) is 2.77. The van der Waals surface area contributed by atoms with E-state index >= 15 is 0 Å². The second-order valence-electron chi connectivity index (χ2n) is 7.32. The number of hydrazine groups is 1. The van der Waals surface area contributed by atoms with Crippen molar-refractivity contribution in [2.45, 2.75) is 39.5 Å². The van der Waals surface area contributed by atoms with Crippen molar-refractivity contribution in [3.05, 3.63) is 58.1 Å². The van der Waals surface area contributed by atoms with E-state index in [9.17, 15) is 9.59 Å². The molecule has 0 spiro atoms. The number of hydrogen-bond acceptors (Lipinski definition) is 5. The zero-order chi connectivity index (χ0) is 23.5. The van der Waals surface area contributed by atoms with Crippen LogP contribution in [0.5, 0.6) is 11.5 Å². The minimum atomic E-state index is -0.439. The maximum absolute atomic E-state index is 12.4. The Balaban J connectivity index is 1.75. The molecule has 172 valence electrons. The van der Waals surface area contributed by atoms with Crippen LogP contribution in [0.2, 0.25) is 0 Å². The van der Waals surface area contributed by atoms with Crippen molar-refractivity contribution in [1.29, 1.82) is 0 Å². The summed E-state index contributed by atoms with van der Waals surface area (Å²) in [6.45, 7) is 6.71. The number of carbonyl (C=O) groups excluding carboxylic acids is 2. The minimum absolute atomic E-state index is 0.0379. The molecule has 3 N–H and O–H groups in total. The van der Waals surface area contributed by atoms with Crippen molar-refractivity contribution < 1.29 is 19.1 Å². The molecule has 2 rings (SSSR count). The average molecular weight is 522 g/mol. The van der Waals surface area contributed by atoms with Gasteiger partial charge in [0, 0.05) is 5.56 Å². The van der Waals surface area contributed by atoms with E-state index in [1.807, 2.05) is 24.3 Å². The lowest BCUT2D eigenvalue weighted by Crippen LogP contribution is -2.49. The van der Waals surface area contributed by atoms with Gasteiger partial charge < -0.3 is 9.47 Å². The molecular formula is C23H28BrN3O4S. The summed E-state index contributed by atoms with van der Waals surface area (Å²) in [6.07, 6.45) is 1.99. The number of hydrogen-bond donors (Lipinski definition) is 3. The van der Waals surface area contributed by atoms with E-state index in [-0.39, 0.29) is 11.7 Å². The first-order valence-electron chi connectivity index (χ1n) is 10.4. The zero-order valence-electron chi connectivity index (χ0n) is 18.4. The molecule has 0 aliphatic rings. The van der Waals surface area contributed by atoms with Crippen LogP contribution in [0.25, 0.3) is 0 Å². The SMILES string of the molecule is CCCCOc1ccc(C(=O)NC(=S)NNC(=O)COc2ccc(C(C)C)cc2)cc1Br. The Bertz CT molecular complexity index is 935. The number of thiocarbonyl (C=S) groups is 1. The third kappa shape index (κ3) is 8.47. The Morgan fingerprint density at radius 3 is 2.41 bits per heavy atom. The molecule has 0 atom stereocenters. The van der Waals surface area contributed by atoms with Gasteiger partial charge in [-0.3, -0.25) is 25.8 Å². The lowest BCUT2D eigenvalue weighted by Gasteiger charge is -2.13. The van der Waals surface area contributed by atoms with Crippen LogP contribution in [-0.2, 0) is 4.79 Å². The van der Waals surface area contributed by atoms with E-state index in [1.54, 1.807) is 18.2 Å². The number of carbonyl (C=O) groups is 2. The molecular weight excluding hydrogens is 494 g/mol. The van der Waals surface area contributed by atoms with Gasteiger partial charge in [-0.2, -0.15) is 0 Å². The van der Waals surface area contributed by atoms with Crippen LogP contribution in [0.1, 0.15) is 55.5 Å². The first-order valence-corrected chi connectivity index (χ1v) is 11.6. The number of amides is 2. The van der Waals surface area contributed by atoms with E-state index < -0.39 is 11.8 Å². The Kier molecular flexibility index (Phi) is 10.4. The Labute approximate surface area is 202 Å². The van der Waals surface area contributed by atoms with Crippen molar-refractivity contribution in [1.82, 2.24) is 16.2 Å². The van der Waals surface area contributed by atoms with Crippen LogP contribution in [0, 0.1) is 0 Å². The third-order valence-electron chi connectivity index (χ3n) is 4.41. The highest BCUT2D eigenvalue weighted by Crippen LogP contribution is 2.26. The lowest BCUT2D eigenvalue weighted by molar-refractivity contribution is -0.123. The number of benzene rings is 2. The van der Waals surface area contributed by atoms with Crippen LogP contribution < -0.4 is 25.6 Å². The third-order valence-corrected chi connectivity index (χ3v) is 5.23. The Hall–Kier alpha value is -2.65. The number of halogens is 1. The van der Waals surface area contributed by atoms with Gasteiger partial charge in [0.2, 0.25) is 0 Å². The van der Waals surface area contributed by atoms with Gasteiger partial charge in [0.15, 0.2) is 11.7 Å². The summed E-state index contributed by atoms with van der Waals surface area (Å²) in [7, 11) is 0. The Morgan fingerprint density at radius 1 is 1.06 bits per heavy atom. The largest absolute Gasteiger partial charge is 0.492 e. The standard InChI is InChI=1S/C23H28BrN3O4S/c1-4-5-12-30-20-11-8-17(13-19(20)24)22(29)25-23(32)27-26-21(28)14-31-18-9-6-16(7-10-18)15(2)3/h6-11,13,15H,4-5,12,14H2,1-3H3,(H,26,28)(H2,25,27,29,32). The lowest BCUT2D eigenvalue weighted by atomic mass is 10.0. The summed E-state index contributed by atoms with van der Waals surface area (Å²) >= 11 is 8.47. The van der Waals surface area contributed by atoms with Crippen molar-refractivity contribution >= 4 is 45.1 Å². The molecule has 0 unspecified atom stereocenters. The topological polar surface area (TPSA) is 88.7 Å². The number of nitrogens with one attached hydrogen (secondary N) is 3. The molecule has 0 radical (unpaired) electrons. The molecule has 0 aromatic heterocycles. The van der Waals surface area contributed by atoms with Crippen LogP contribution in [0.3, 0.4) is 0 Å². The second-order valence-corrected chi connectivity index (χ2v) is 8.58. The fraction of sp³-hybridized carbons (Fsp3) is 0.348. The smallest absolute Gasteiger partial charge is 0.276 e. The number of rotatable bonds is 9. The predicted octanol–water partition coefficient (Wildman–Crippen LogP) is 4.47. The highest BCUT2D eigenvalue weighted by atomic mass is 79.9. The quantitative estimate of drug-likeness (QED) is 0.256. The first kappa shape index (κ1) is 25.6.